The highest BCUT2D eigenvalue weighted by Crippen LogP contribution is 2.07. The van der Waals surface area contributed by atoms with Gasteiger partial charge in [0.2, 0.25) is 0 Å². The van der Waals surface area contributed by atoms with Gasteiger partial charge in [0, 0.05) is 0 Å². The van der Waals surface area contributed by atoms with Gasteiger partial charge in [-0.05, 0) is 25.5 Å². The first-order valence-electron chi connectivity index (χ1n) is 5.07. The van der Waals surface area contributed by atoms with E-state index < -0.39 is 5.97 Å². The van der Waals surface area contributed by atoms with E-state index in [4.69, 9.17) is 10.5 Å². The van der Waals surface area contributed by atoms with Crippen LogP contribution >= 0.6 is 0 Å². The molecule has 2 N–H and O–H groups in total. The van der Waals surface area contributed by atoms with Crippen molar-refractivity contribution in [1.29, 1.82) is 0 Å². The summed E-state index contributed by atoms with van der Waals surface area (Å²) in [6, 6.07) is 4.91. The fourth-order valence-corrected chi connectivity index (χ4v) is 1.27. The number of nitrogens with two attached hydrogens (primary N) is 1. The van der Waals surface area contributed by atoms with E-state index in [0.717, 1.165) is 12.8 Å². The number of aromatic nitrogens is 1. The smallest absolute Gasteiger partial charge is 0.357 e. The summed E-state index contributed by atoms with van der Waals surface area (Å²) in [7, 11) is 0. The molecule has 1 aromatic heterocycles. The third kappa shape index (κ3) is 3.58. The van der Waals surface area contributed by atoms with Crippen LogP contribution in [-0.2, 0) is 4.74 Å². The Morgan fingerprint density at radius 3 is 2.93 bits per heavy atom. The second-order valence-corrected chi connectivity index (χ2v) is 3.45. The van der Waals surface area contributed by atoms with E-state index in [9.17, 15) is 4.79 Å². The predicted octanol–water partition coefficient (Wildman–Crippen LogP) is 2.01. The van der Waals surface area contributed by atoms with Crippen molar-refractivity contribution in [3.63, 3.8) is 0 Å². The quantitative estimate of drug-likeness (QED) is 0.769. The lowest BCUT2D eigenvalue weighted by molar-refractivity contribution is 0.0316. The van der Waals surface area contributed by atoms with Gasteiger partial charge in [0.15, 0.2) is 5.69 Å². The Morgan fingerprint density at radius 1 is 1.60 bits per heavy atom. The summed E-state index contributed by atoms with van der Waals surface area (Å²) in [5.41, 5.74) is 5.73. The maximum absolute atomic E-state index is 11.5. The van der Waals surface area contributed by atoms with Crippen LogP contribution in [0.15, 0.2) is 18.2 Å². The summed E-state index contributed by atoms with van der Waals surface area (Å²) in [4.78, 5) is 15.4. The number of anilines is 1. The van der Waals surface area contributed by atoms with E-state index in [2.05, 4.69) is 4.98 Å². The molecule has 1 rings (SSSR count). The molecule has 0 aliphatic heterocycles. The second-order valence-electron chi connectivity index (χ2n) is 3.45. The number of hydrogen-bond acceptors (Lipinski definition) is 4. The van der Waals surface area contributed by atoms with Crippen LogP contribution in [0.1, 0.15) is 37.2 Å². The van der Waals surface area contributed by atoms with Crippen molar-refractivity contribution in [3.05, 3.63) is 23.9 Å². The maximum Gasteiger partial charge on any atom is 0.357 e. The Labute approximate surface area is 89.5 Å². The van der Waals surface area contributed by atoms with Crippen molar-refractivity contribution in [3.8, 4) is 0 Å². The Balaban J connectivity index is 2.61. The molecule has 0 fully saturated rings. The summed E-state index contributed by atoms with van der Waals surface area (Å²) in [5.74, 6) is -0.0872. The molecule has 0 saturated heterocycles. The van der Waals surface area contributed by atoms with Gasteiger partial charge < -0.3 is 10.5 Å². The highest BCUT2D eigenvalue weighted by atomic mass is 16.5. The summed E-state index contributed by atoms with van der Waals surface area (Å²) in [6.45, 7) is 3.91. The van der Waals surface area contributed by atoms with Crippen molar-refractivity contribution in [2.45, 2.75) is 32.8 Å². The predicted molar refractivity (Wildman–Crippen MR) is 58.4 cm³/mol. The number of esters is 1. The Morgan fingerprint density at radius 2 is 2.33 bits per heavy atom. The normalized spacial score (nSPS) is 12.1. The van der Waals surface area contributed by atoms with Crippen molar-refractivity contribution in [2.24, 2.45) is 0 Å². The second kappa shape index (κ2) is 5.34. The maximum atomic E-state index is 11.5. The molecule has 1 heterocycles. The largest absolute Gasteiger partial charge is 0.458 e. The van der Waals surface area contributed by atoms with Crippen LogP contribution in [0, 0.1) is 0 Å². The summed E-state index contributed by atoms with van der Waals surface area (Å²) in [5, 5.41) is 0. The van der Waals surface area contributed by atoms with Crippen LogP contribution in [0.3, 0.4) is 0 Å². The number of nitrogens with zero attached hydrogens (tertiary/aromatic N) is 1. The van der Waals surface area contributed by atoms with Gasteiger partial charge in [0.25, 0.3) is 0 Å². The van der Waals surface area contributed by atoms with Gasteiger partial charge in [-0.3, -0.25) is 0 Å². The molecule has 4 nitrogen and oxygen atoms in total. The molecule has 0 aliphatic rings. The lowest BCUT2D eigenvalue weighted by Gasteiger charge is -2.11. The molecule has 0 spiro atoms. The van der Waals surface area contributed by atoms with Gasteiger partial charge in [-0.25, -0.2) is 9.78 Å². The minimum absolute atomic E-state index is 0.0780. The number of carbonyl (C=O) groups excluding carboxylic acids is 1. The zero-order valence-electron chi connectivity index (χ0n) is 9.06. The Bertz CT molecular complexity index is 339. The highest BCUT2D eigenvalue weighted by Gasteiger charge is 2.12. The van der Waals surface area contributed by atoms with E-state index in [1.54, 1.807) is 18.2 Å². The standard InChI is InChI=1S/C11H16N2O2/c1-3-5-8(2)15-11(14)9-6-4-7-10(12)13-9/h4,6-8H,3,5H2,1-2H3,(H2,12,13). The van der Waals surface area contributed by atoms with Crippen molar-refractivity contribution in [1.82, 2.24) is 4.98 Å². The number of ether oxygens (including phenoxy) is 1. The third-order valence-electron chi connectivity index (χ3n) is 1.98. The SMILES string of the molecule is CCCC(C)OC(=O)c1cccc(N)n1. The fraction of sp³-hybridized carbons (Fsp3) is 0.455. The molecule has 0 radical (unpaired) electrons. The van der Waals surface area contributed by atoms with E-state index in [-0.39, 0.29) is 11.8 Å². The fourth-order valence-electron chi connectivity index (χ4n) is 1.27. The van der Waals surface area contributed by atoms with Gasteiger partial charge in [0.1, 0.15) is 5.82 Å². The van der Waals surface area contributed by atoms with Crippen molar-refractivity contribution in [2.75, 3.05) is 5.73 Å². The molecule has 1 atom stereocenters. The molecular weight excluding hydrogens is 192 g/mol. The molecule has 1 aromatic rings. The lowest BCUT2D eigenvalue weighted by atomic mass is 10.2. The number of pyridine rings is 1. The molecular formula is C11H16N2O2. The first kappa shape index (κ1) is 11.5. The molecule has 0 saturated carbocycles. The zero-order chi connectivity index (χ0) is 11.3. The van der Waals surface area contributed by atoms with Crippen LogP contribution in [0.2, 0.25) is 0 Å². The van der Waals surface area contributed by atoms with Crippen molar-refractivity contribution >= 4 is 11.8 Å². The minimum Gasteiger partial charge on any atom is -0.458 e. The molecule has 15 heavy (non-hydrogen) atoms. The van der Waals surface area contributed by atoms with Crippen molar-refractivity contribution < 1.29 is 9.53 Å². The molecule has 0 aromatic carbocycles. The van der Waals surface area contributed by atoms with Gasteiger partial charge in [-0.2, -0.15) is 0 Å². The molecule has 0 bridgehead atoms. The minimum atomic E-state index is -0.414. The van der Waals surface area contributed by atoms with Crippen LogP contribution in [-0.4, -0.2) is 17.1 Å². The van der Waals surface area contributed by atoms with Crippen LogP contribution < -0.4 is 5.73 Å². The molecule has 82 valence electrons. The summed E-state index contributed by atoms with van der Waals surface area (Å²) in [6.07, 6.45) is 1.76. The molecule has 0 amide bonds. The summed E-state index contributed by atoms with van der Waals surface area (Å²) < 4.78 is 5.17. The van der Waals surface area contributed by atoms with E-state index >= 15 is 0 Å². The molecule has 4 heteroatoms. The van der Waals surface area contributed by atoms with Crippen LogP contribution in [0.25, 0.3) is 0 Å². The van der Waals surface area contributed by atoms with Gasteiger partial charge >= 0.3 is 5.97 Å². The van der Waals surface area contributed by atoms with Crippen LogP contribution in [0.5, 0.6) is 0 Å². The van der Waals surface area contributed by atoms with Crippen LogP contribution in [0.4, 0.5) is 5.82 Å². The Hall–Kier alpha value is -1.58. The third-order valence-corrected chi connectivity index (χ3v) is 1.98. The number of hydrogen-bond donors (Lipinski definition) is 1. The monoisotopic (exact) mass is 208 g/mol. The summed E-state index contributed by atoms with van der Waals surface area (Å²) >= 11 is 0. The first-order chi connectivity index (χ1) is 7.13. The number of nitrogen functional groups attached to an aromatic ring is 1. The Kier molecular flexibility index (Phi) is 4.09. The molecule has 1 unspecified atom stereocenters. The average Bonchev–Trinajstić information content (AvgIpc) is 2.18. The van der Waals surface area contributed by atoms with Gasteiger partial charge in [0.05, 0.1) is 6.10 Å². The lowest BCUT2D eigenvalue weighted by Crippen LogP contribution is -2.16. The van der Waals surface area contributed by atoms with Gasteiger partial charge in [-0.15, -0.1) is 0 Å². The van der Waals surface area contributed by atoms with E-state index in [1.807, 2.05) is 13.8 Å². The number of rotatable bonds is 4. The average molecular weight is 208 g/mol. The number of carbonyl (C=O) groups is 1. The molecule has 0 aliphatic carbocycles. The van der Waals surface area contributed by atoms with E-state index in [0.29, 0.717) is 5.82 Å². The first-order valence-corrected chi connectivity index (χ1v) is 5.07. The van der Waals surface area contributed by atoms with Gasteiger partial charge in [-0.1, -0.05) is 19.4 Å². The van der Waals surface area contributed by atoms with E-state index in [1.165, 1.54) is 0 Å². The topological polar surface area (TPSA) is 65.2 Å². The zero-order valence-corrected chi connectivity index (χ0v) is 9.06. The highest BCUT2D eigenvalue weighted by molar-refractivity contribution is 5.87.